The number of carbonyl (C=O) groups is 1. The summed E-state index contributed by atoms with van der Waals surface area (Å²) in [7, 11) is 0. The van der Waals surface area contributed by atoms with Crippen molar-refractivity contribution in [2.24, 2.45) is 5.92 Å². The number of ether oxygens (including phenoxy) is 1. The number of para-hydroxylation sites is 3. The second kappa shape index (κ2) is 8.23. The van der Waals surface area contributed by atoms with E-state index in [-0.39, 0.29) is 18.6 Å². The molecule has 136 valence electrons. The Morgan fingerprint density at radius 3 is 2.65 bits per heavy atom. The van der Waals surface area contributed by atoms with E-state index in [4.69, 9.17) is 20.8 Å². The first-order valence-electron chi connectivity index (χ1n) is 8.55. The highest BCUT2D eigenvalue weighted by atomic mass is 35.5. The highest BCUT2D eigenvalue weighted by Gasteiger charge is 2.22. The van der Waals surface area contributed by atoms with Gasteiger partial charge in [0.05, 0.1) is 5.02 Å². The molecule has 3 aromatic rings. The van der Waals surface area contributed by atoms with Gasteiger partial charge >= 0.3 is 0 Å². The standard InChI is InChI=1S/C20H21ClN2O3/c1-13(2)11-16(20-23-15-8-4-6-10-18(15)26-20)22-19(24)12-25-17-9-5-3-7-14(17)21/h3-10,13,16H,11-12H2,1-2H3,(H,22,24)/t16-/m1/s1. The molecule has 6 heteroatoms. The monoisotopic (exact) mass is 372 g/mol. The van der Waals surface area contributed by atoms with Gasteiger partial charge in [0, 0.05) is 0 Å². The molecule has 0 spiro atoms. The summed E-state index contributed by atoms with van der Waals surface area (Å²) in [6, 6.07) is 14.3. The van der Waals surface area contributed by atoms with E-state index in [0.717, 1.165) is 5.52 Å². The van der Waals surface area contributed by atoms with Crippen molar-refractivity contribution in [2.45, 2.75) is 26.3 Å². The third-order valence-electron chi connectivity index (χ3n) is 3.85. The molecular formula is C20H21ClN2O3. The first kappa shape index (κ1) is 18.3. The number of amides is 1. The molecule has 1 atom stereocenters. The Morgan fingerprint density at radius 2 is 1.92 bits per heavy atom. The average molecular weight is 373 g/mol. The van der Waals surface area contributed by atoms with Crippen molar-refractivity contribution in [3.05, 3.63) is 59.4 Å². The van der Waals surface area contributed by atoms with Crippen LogP contribution in [-0.4, -0.2) is 17.5 Å². The van der Waals surface area contributed by atoms with Crippen LogP contribution in [-0.2, 0) is 4.79 Å². The second-order valence-corrected chi connectivity index (χ2v) is 6.90. The molecule has 0 saturated carbocycles. The van der Waals surface area contributed by atoms with Gasteiger partial charge in [-0.15, -0.1) is 0 Å². The Hall–Kier alpha value is -2.53. The van der Waals surface area contributed by atoms with Crippen LogP contribution in [0.1, 0.15) is 32.2 Å². The second-order valence-electron chi connectivity index (χ2n) is 6.49. The van der Waals surface area contributed by atoms with Crippen LogP contribution in [0.3, 0.4) is 0 Å². The number of hydrogen-bond donors (Lipinski definition) is 1. The Kier molecular flexibility index (Phi) is 5.78. The summed E-state index contributed by atoms with van der Waals surface area (Å²) >= 11 is 6.04. The SMILES string of the molecule is CC(C)C[C@@H](NC(=O)COc1ccccc1Cl)c1nc2ccccc2o1. The highest BCUT2D eigenvalue weighted by molar-refractivity contribution is 6.32. The third-order valence-corrected chi connectivity index (χ3v) is 4.16. The van der Waals surface area contributed by atoms with Crippen LogP contribution < -0.4 is 10.1 Å². The van der Waals surface area contributed by atoms with E-state index in [1.165, 1.54) is 0 Å². The third kappa shape index (κ3) is 4.55. The van der Waals surface area contributed by atoms with Crippen LogP contribution in [0.4, 0.5) is 0 Å². The highest BCUT2D eigenvalue weighted by Crippen LogP contribution is 2.25. The number of aromatic nitrogens is 1. The number of fused-ring (bicyclic) bond motifs is 1. The molecule has 0 radical (unpaired) electrons. The van der Waals surface area contributed by atoms with Crippen molar-refractivity contribution < 1.29 is 13.9 Å². The van der Waals surface area contributed by atoms with Gasteiger partial charge in [0.1, 0.15) is 17.3 Å². The summed E-state index contributed by atoms with van der Waals surface area (Å²) in [5.41, 5.74) is 1.48. The van der Waals surface area contributed by atoms with Crippen LogP contribution in [0.2, 0.25) is 5.02 Å². The number of carbonyl (C=O) groups excluding carboxylic acids is 1. The fourth-order valence-corrected chi connectivity index (χ4v) is 2.86. The summed E-state index contributed by atoms with van der Waals surface area (Å²) in [6.45, 7) is 4.04. The van der Waals surface area contributed by atoms with Gasteiger partial charge in [-0.2, -0.15) is 0 Å². The number of oxazole rings is 1. The van der Waals surface area contributed by atoms with Gasteiger partial charge in [-0.25, -0.2) is 4.98 Å². The molecule has 3 rings (SSSR count). The molecule has 0 saturated heterocycles. The van der Waals surface area contributed by atoms with Crippen LogP contribution >= 0.6 is 11.6 Å². The zero-order valence-electron chi connectivity index (χ0n) is 14.7. The predicted molar refractivity (Wildman–Crippen MR) is 101 cm³/mol. The van der Waals surface area contributed by atoms with E-state index in [1.54, 1.807) is 24.3 Å². The maximum Gasteiger partial charge on any atom is 0.258 e. The van der Waals surface area contributed by atoms with Gasteiger partial charge in [-0.3, -0.25) is 4.79 Å². The number of benzene rings is 2. The lowest BCUT2D eigenvalue weighted by Crippen LogP contribution is -2.33. The maximum atomic E-state index is 12.4. The lowest BCUT2D eigenvalue weighted by Gasteiger charge is -2.18. The van der Waals surface area contributed by atoms with Crippen LogP contribution in [0.25, 0.3) is 11.1 Å². The number of nitrogens with zero attached hydrogens (tertiary/aromatic N) is 1. The summed E-state index contributed by atoms with van der Waals surface area (Å²) in [5.74, 6) is 1.09. The fraction of sp³-hybridized carbons (Fsp3) is 0.300. The lowest BCUT2D eigenvalue weighted by molar-refractivity contribution is -0.124. The Labute approximate surface area is 157 Å². The summed E-state index contributed by atoms with van der Waals surface area (Å²) in [5, 5.41) is 3.42. The summed E-state index contributed by atoms with van der Waals surface area (Å²) < 4.78 is 11.3. The first-order chi connectivity index (χ1) is 12.5. The summed E-state index contributed by atoms with van der Waals surface area (Å²) in [6.07, 6.45) is 0.713. The lowest BCUT2D eigenvalue weighted by atomic mass is 10.0. The van der Waals surface area contributed by atoms with Gasteiger partial charge in [0.15, 0.2) is 12.2 Å². The molecule has 2 aromatic carbocycles. The van der Waals surface area contributed by atoms with E-state index in [2.05, 4.69) is 24.1 Å². The first-order valence-corrected chi connectivity index (χ1v) is 8.93. The van der Waals surface area contributed by atoms with E-state index in [0.29, 0.717) is 34.6 Å². The topological polar surface area (TPSA) is 64.4 Å². The normalized spacial score (nSPS) is 12.3. The zero-order valence-corrected chi connectivity index (χ0v) is 15.5. The van der Waals surface area contributed by atoms with Crippen molar-refractivity contribution in [2.75, 3.05) is 6.61 Å². The van der Waals surface area contributed by atoms with Crippen LogP contribution in [0.5, 0.6) is 5.75 Å². The van der Waals surface area contributed by atoms with Crippen molar-refractivity contribution in [3.63, 3.8) is 0 Å². The number of nitrogens with one attached hydrogen (secondary N) is 1. The van der Waals surface area contributed by atoms with Crippen LogP contribution in [0, 0.1) is 5.92 Å². The van der Waals surface area contributed by atoms with E-state index >= 15 is 0 Å². The van der Waals surface area contributed by atoms with Gasteiger partial charge in [-0.05, 0) is 36.6 Å². The molecule has 0 aliphatic carbocycles. The average Bonchev–Trinajstić information content (AvgIpc) is 3.04. The number of hydrogen-bond acceptors (Lipinski definition) is 4. The van der Waals surface area contributed by atoms with Gasteiger partial charge in [0.2, 0.25) is 5.89 Å². The molecule has 1 N–H and O–H groups in total. The minimum absolute atomic E-state index is 0.126. The minimum atomic E-state index is -0.315. The summed E-state index contributed by atoms with van der Waals surface area (Å²) in [4.78, 5) is 16.9. The molecule has 5 nitrogen and oxygen atoms in total. The molecule has 1 amide bonds. The fourth-order valence-electron chi connectivity index (χ4n) is 2.67. The largest absolute Gasteiger partial charge is 0.482 e. The minimum Gasteiger partial charge on any atom is -0.482 e. The van der Waals surface area contributed by atoms with Gasteiger partial charge in [-0.1, -0.05) is 49.7 Å². The molecule has 0 unspecified atom stereocenters. The Morgan fingerprint density at radius 1 is 1.19 bits per heavy atom. The molecule has 1 heterocycles. The van der Waals surface area contributed by atoms with Crippen molar-refractivity contribution >= 4 is 28.6 Å². The number of rotatable bonds is 7. The maximum absolute atomic E-state index is 12.4. The molecule has 0 aliphatic heterocycles. The quantitative estimate of drug-likeness (QED) is 0.649. The Bertz CT molecular complexity index is 858. The van der Waals surface area contributed by atoms with Crippen molar-refractivity contribution in [1.29, 1.82) is 0 Å². The number of halogens is 1. The molecule has 0 aliphatic rings. The van der Waals surface area contributed by atoms with E-state index < -0.39 is 0 Å². The zero-order chi connectivity index (χ0) is 18.5. The molecule has 1 aromatic heterocycles. The van der Waals surface area contributed by atoms with Gasteiger partial charge in [0.25, 0.3) is 5.91 Å². The Balaban J connectivity index is 1.69. The molecular weight excluding hydrogens is 352 g/mol. The van der Waals surface area contributed by atoms with Crippen molar-refractivity contribution in [1.82, 2.24) is 10.3 Å². The molecule has 0 fully saturated rings. The van der Waals surface area contributed by atoms with Gasteiger partial charge < -0.3 is 14.5 Å². The van der Waals surface area contributed by atoms with E-state index in [9.17, 15) is 4.79 Å². The van der Waals surface area contributed by atoms with Crippen molar-refractivity contribution in [3.8, 4) is 5.75 Å². The van der Waals surface area contributed by atoms with Crippen LogP contribution in [0.15, 0.2) is 52.9 Å². The van der Waals surface area contributed by atoms with E-state index in [1.807, 2.05) is 24.3 Å². The smallest absolute Gasteiger partial charge is 0.258 e. The molecule has 0 bridgehead atoms. The molecule has 26 heavy (non-hydrogen) atoms. The predicted octanol–water partition coefficient (Wildman–Crippen LogP) is 4.76.